The summed E-state index contributed by atoms with van der Waals surface area (Å²) in [6, 6.07) is 3.79. The Morgan fingerprint density at radius 2 is 1.97 bits per heavy atom. The van der Waals surface area contributed by atoms with Crippen molar-refractivity contribution in [3.05, 3.63) is 30.2 Å². The summed E-state index contributed by atoms with van der Waals surface area (Å²) in [5.41, 5.74) is 3.33. The first-order chi connectivity index (χ1) is 16.5. The Kier molecular flexibility index (Phi) is 5.24. The zero-order valence-corrected chi connectivity index (χ0v) is 19.9. The van der Waals surface area contributed by atoms with E-state index in [4.69, 9.17) is 19.8 Å². The van der Waals surface area contributed by atoms with Crippen molar-refractivity contribution in [1.29, 1.82) is 0 Å². The van der Waals surface area contributed by atoms with Crippen molar-refractivity contribution in [1.82, 2.24) is 24.7 Å². The van der Waals surface area contributed by atoms with Crippen LogP contribution >= 0.6 is 0 Å². The summed E-state index contributed by atoms with van der Waals surface area (Å²) in [5, 5.41) is 4.92. The van der Waals surface area contributed by atoms with E-state index in [0.29, 0.717) is 41.8 Å². The highest BCUT2D eigenvalue weighted by molar-refractivity contribution is 6.06. The zero-order valence-electron chi connectivity index (χ0n) is 19.9. The molecule has 3 aliphatic heterocycles. The second kappa shape index (κ2) is 8.30. The molecule has 1 amide bonds. The number of pyridine rings is 1. The number of hydrogen-bond donors (Lipinski definition) is 0. The molecule has 9 heteroatoms. The van der Waals surface area contributed by atoms with Gasteiger partial charge in [-0.2, -0.15) is 0 Å². The van der Waals surface area contributed by atoms with Crippen LogP contribution in [0.25, 0.3) is 11.2 Å². The predicted molar refractivity (Wildman–Crippen MR) is 129 cm³/mol. The molecular weight excluding hydrogens is 430 g/mol. The molecule has 9 nitrogen and oxygen atoms in total. The number of anilines is 3. The van der Waals surface area contributed by atoms with Crippen molar-refractivity contribution in [2.45, 2.75) is 65.0 Å². The zero-order chi connectivity index (χ0) is 23.3. The van der Waals surface area contributed by atoms with Gasteiger partial charge >= 0.3 is 0 Å². The van der Waals surface area contributed by atoms with Crippen molar-refractivity contribution in [2.75, 3.05) is 29.5 Å². The summed E-state index contributed by atoms with van der Waals surface area (Å²) >= 11 is 0. The fourth-order valence-electron chi connectivity index (χ4n) is 5.18. The summed E-state index contributed by atoms with van der Waals surface area (Å²) in [7, 11) is 0. The molecule has 3 aromatic rings. The molecule has 0 aromatic carbocycles. The van der Waals surface area contributed by atoms with Gasteiger partial charge in [0.05, 0.1) is 17.6 Å². The highest BCUT2D eigenvalue weighted by Crippen LogP contribution is 2.38. The molecule has 6 rings (SSSR count). The second-order valence-electron chi connectivity index (χ2n) is 10.3. The Labute approximate surface area is 199 Å². The molecular formula is C25H31N7O2. The van der Waals surface area contributed by atoms with E-state index in [1.807, 2.05) is 23.0 Å². The third-order valence-corrected chi connectivity index (χ3v) is 7.39. The third kappa shape index (κ3) is 3.72. The highest BCUT2D eigenvalue weighted by Gasteiger charge is 2.33. The summed E-state index contributed by atoms with van der Waals surface area (Å²) in [6.07, 6.45) is 9.66. The van der Waals surface area contributed by atoms with Gasteiger partial charge in [0.15, 0.2) is 23.2 Å². The molecule has 0 aliphatic carbocycles. The Hall–Kier alpha value is -3.07. The first-order valence-corrected chi connectivity index (χ1v) is 12.4. The van der Waals surface area contributed by atoms with Gasteiger partial charge < -0.3 is 9.64 Å². The van der Waals surface area contributed by atoms with Crippen molar-refractivity contribution >= 4 is 34.4 Å². The molecule has 0 bridgehead atoms. The number of nitrogens with zero attached hydrogens (tertiary/aromatic N) is 7. The predicted octanol–water partition coefficient (Wildman–Crippen LogP) is 4.16. The summed E-state index contributed by atoms with van der Waals surface area (Å²) in [4.78, 5) is 31.5. The number of rotatable bonds is 3. The first kappa shape index (κ1) is 21.5. The number of amides is 1. The van der Waals surface area contributed by atoms with E-state index in [9.17, 15) is 4.79 Å². The Bertz CT molecular complexity index is 1220. The van der Waals surface area contributed by atoms with Gasteiger partial charge in [-0.15, -0.1) is 5.10 Å². The molecule has 1 unspecified atom stereocenters. The van der Waals surface area contributed by atoms with Gasteiger partial charge in [-0.05, 0) is 49.7 Å². The minimum absolute atomic E-state index is 0.000695. The monoisotopic (exact) mass is 461 g/mol. The lowest BCUT2D eigenvalue weighted by Gasteiger charge is -2.37. The van der Waals surface area contributed by atoms with Gasteiger partial charge in [-0.1, -0.05) is 13.8 Å². The summed E-state index contributed by atoms with van der Waals surface area (Å²) < 4.78 is 7.94. The number of carbonyl (C=O) groups is 1. The molecule has 1 atom stereocenters. The lowest BCUT2D eigenvalue weighted by Crippen LogP contribution is -2.37. The number of aromatic nitrogens is 5. The first-order valence-electron chi connectivity index (χ1n) is 12.4. The fourth-order valence-corrected chi connectivity index (χ4v) is 5.18. The summed E-state index contributed by atoms with van der Waals surface area (Å²) in [6.45, 7) is 7.26. The molecule has 0 saturated carbocycles. The smallest absolute Gasteiger partial charge is 0.233 e. The fraction of sp³-hybridized carbons (Fsp3) is 0.560. The van der Waals surface area contributed by atoms with Gasteiger partial charge in [0.1, 0.15) is 5.82 Å². The quantitative estimate of drug-likeness (QED) is 0.579. The Morgan fingerprint density at radius 1 is 1.12 bits per heavy atom. The molecule has 2 fully saturated rings. The number of fused-ring (bicyclic) bond motifs is 2. The number of piperidine rings is 1. The standard InChI is InChI=1S/C25H31N7O2/c1-25(2)10-13-30(14-11-25)19-16-27-22-23(28-19)32(21-7-3-4-15-34-21)29-24(22)31-18-6-5-12-26-17(18)8-9-20(31)33/h5-6,12,16,21H,3-4,7-11,13-15H2,1-2H3. The van der Waals surface area contributed by atoms with Gasteiger partial charge in [-0.3, -0.25) is 14.7 Å². The van der Waals surface area contributed by atoms with Crippen LogP contribution in [-0.2, 0) is 16.0 Å². The normalized spacial score (nSPS) is 22.8. The van der Waals surface area contributed by atoms with E-state index in [1.165, 1.54) is 0 Å². The van der Waals surface area contributed by atoms with Gasteiger partial charge in [-0.25, -0.2) is 14.6 Å². The number of aryl methyl sites for hydroxylation is 1. The topological polar surface area (TPSA) is 89.3 Å². The maximum atomic E-state index is 13.1. The number of ether oxygens (including phenoxy) is 1. The van der Waals surface area contributed by atoms with Crippen LogP contribution in [0.2, 0.25) is 0 Å². The maximum Gasteiger partial charge on any atom is 0.233 e. The van der Waals surface area contributed by atoms with Crippen molar-refractivity contribution in [2.24, 2.45) is 5.41 Å². The van der Waals surface area contributed by atoms with Crippen LogP contribution < -0.4 is 9.80 Å². The Morgan fingerprint density at radius 3 is 2.76 bits per heavy atom. The van der Waals surface area contributed by atoms with Crippen molar-refractivity contribution < 1.29 is 9.53 Å². The average molecular weight is 462 g/mol. The van der Waals surface area contributed by atoms with E-state index < -0.39 is 0 Å². The molecule has 2 saturated heterocycles. The van der Waals surface area contributed by atoms with E-state index in [1.54, 1.807) is 11.1 Å². The molecule has 3 aliphatic rings. The average Bonchev–Trinajstić information content (AvgIpc) is 3.23. The van der Waals surface area contributed by atoms with Crippen LogP contribution in [0, 0.1) is 5.41 Å². The molecule has 0 N–H and O–H groups in total. The molecule has 6 heterocycles. The molecule has 0 spiro atoms. The van der Waals surface area contributed by atoms with Crippen LogP contribution in [0.4, 0.5) is 17.3 Å². The Balaban J connectivity index is 1.46. The summed E-state index contributed by atoms with van der Waals surface area (Å²) in [5.74, 6) is 1.38. The number of hydrogen-bond acceptors (Lipinski definition) is 7. The van der Waals surface area contributed by atoms with Crippen LogP contribution in [0.5, 0.6) is 0 Å². The molecule has 34 heavy (non-hydrogen) atoms. The largest absolute Gasteiger partial charge is 0.356 e. The molecule has 0 radical (unpaired) electrons. The second-order valence-corrected chi connectivity index (χ2v) is 10.3. The lowest BCUT2D eigenvalue weighted by atomic mass is 9.83. The minimum atomic E-state index is -0.205. The maximum absolute atomic E-state index is 13.1. The van der Waals surface area contributed by atoms with Gasteiger partial charge in [0.25, 0.3) is 0 Å². The van der Waals surface area contributed by atoms with E-state index in [-0.39, 0.29) is 12.1 Å². The van der Waals surface area contributed by atoms with E-state index in [0.717, 1.165) is 62.4 Å². The van der Waals surface area contributed by atoms with Crippen LogP contribution in [0.15, 0.2) is 24.5 Å². The van der Waals surface area contributed by atoms with E-state index in [2.05, 4.69) is 23.7 Å². The van der Waals surface area contributed by atoms with Crippen LogP contribution in [0.3, 0.4) is 0 Å². The third-order valence-electron chi connectivity index (χ3n) is 7.39. The van der Waals surface area contributed by atoms with Crippen LogP contribution in [-0.4, -0.2) is 50.3 Å². The van der Waals surface area contributed by atoms with Crippen molar-refractivity contribution in [3.63, 3.8) is 0 Å². The highest BCUT2D eigenvalue weighted by atomic mass is 16.5. The van der Waals surface area contributed by atoms with Gasteiger partial charge in [0, 0.05) is 38.7 Å². The minimum Gasteiger partial charge on any atom is -0.356 e. The van der Waals surface area contributed by atoms with Gasteiger partial charge in [0.2, 0.25) is 5.91 Å². The lowest BCUT2D eigenvalue weighted by molar-refractivity contribution is -0.118. The molecule has 3 aromatic heterocycles. The SMILES string of the molecule is CC1(C)CCN(c2cnc3c(N4C(=O)CCc5ncccc54)nn(C4CCCCO4)c3n2)CC1. The van der Waals surface area contributed by atoms with E-state index >= 15 is 0 Å². The number of carbonyl (C=O) groups excluding carboxylic acids is 1. The van der Waals surface area contributed by atoms with Crippen molar-refractivity contribution in [3.8, 4) is 0 Å². The molecule has 178 valence electrons. The van der Waals surface area contributed by atoms with Crippen LogP contribution in [0.1, 0.15) is 64.3 Å².